The van der Waals surface area contributed by atoms with Crippen molar-refractivity contribution in [2.24, 2.45) is 3.53 Å². The van der Waals surface area contributed by atoms with Crippen LogP contribution in [0.3, 0.4) is 0 Å². The molecule has 0 N–H and O–H groups in total. The molecule has 31 heavy (non-hydrogen) atoms. The normalized spacial score (nSPS) is 11.7. The van der Waals surface area contributed by atoms with Crippen LogP contribution in [-0.4, -0.2) is 54.6 Å². The summed E-state index contributed by atoms with van der Waals surface area (Å²) in [6.45, 7) is 17.8. The third-order valence-electron chi connectivity index (χ3n) is 4.24. The molecule has 168 valence electrons. The van der Waals surface area contributed by atoms with E-state index in [0.717, 1.165) is 37.6 Å². The molecule has 0 heterocycles. The minimum atomic E-state index is -1.20. The number of benzene rings is 2. The number of para-hydroxylation sites is 2. The molecule has 0 radical (unpaired) electrons. The summed E-state index contributed by atoms with van der Waals surface area (Å²) in [6.07, 6.45) is 0. The van der Waals surface area contributed by atoms with Gasteiger partial charge >= 0.3 is 101 Å². The fraction of sp³-hybridized carbons (Fsp3) is 0.478. The Hall–Kier alpha value is -0.932. The van der Waals surface area contributed by atoms with Crippen LogP contribution < -0.4 is 5.01 Å². The van der Waals surface area contributed by atoms with Crippen LogP contribution in [0.2, 0.25) is 39.3 Å². The minimum absolute atomic E-state index is 0.985. The Morgan fingerprint density at radius 3 is 1.35 bits per heavy atom. The van der Waals surface area contributed by atoms with Crippen LogP contribution in [0.5, 0.6) is 0 Å². The van der Waals surface area contributed by atoms with E-state index in [-0.39, 0.29) is 0 Å². The molecule has 0 aromatic heterocycles. The molecule has 5 nitrogen and oxygen atoms in total. The zero-order chi connectivity index (χ0) is 23.3. The van der Waals surface area contributed by atoms with Crippen molar-refractivity contribution >= 4 is 27.8 Å². The summed E-state index contributed by atoms with van der Waals surface area (Å²) in [5, 5.41) is 1.92. The van der Waals surface area contributed by atoms with Crippen LogP contribution in [0.25, 0.3) is 9.96 Å². The molecule has 0 aliphatic rings. The standard InChI is InChI=1S/C12H10N2.C11H29N3Si2.Ti/c13-14(11-7-3-1-4-8-11)12-9-5-2-6-10-12;1-14(10-8-12-15(2,3)4)11-9-13-16(5,6)7;/h1-10H;8-11H2,1-7H3;/q;-2;+2. The van der Waals surface area contributed by atoms with Gasteiger partial charge in [0.2, 0.25) is 0 Å². The summed E-state index contributed by atoms with van der Waals surface area (Å²) in [7, 11) is -0.241. The summed E-state index contributed by atoms with van der Waals surface area (Å²) in [5.41, 5.74) is 2.15. The average molecular weight is 490 g/mol. The summed E-state index contributed by atoms with van der Waals surface area (Å²) in [4.78, 5) is 11.8. The summed E-state index contributed by atoms with van der Waals surface area (Å²) in [5.74, 6) is 0. The summed E-state index contributed by atoms with van der Waals surface area (Å²) >= 11 is 1.79. The molecule has 0 bridgehead atoms. The molecule has 2 rings (SSSR count). The monoisotopic (exact) mass is 489 g/mol. The molecular weight excluding hydrogens is 450 g/mol. The number of likely N-dealkylation sites (N-methyl/N-ethyl adjacent to an activating group) is 1. The van der Waals surface area contributed by atoms with Crippen molar-refractivity contribution in [3.8, 4) is 0 Å². The molecule has 0 atom stereocenters. The van der Waals surface area contributed by atoms with E-state index in [4.69, 9.17) is 9.96 Å². The van der Waals surface area contributed by atoms with E-state index in [2.05, 4.69) is 54.8 Å². The molecule has 0 saturated heterocycles. The van der Waals surface area contributed by atoms with Crippen LogP contribution in [0.4, 0.5) is 11.4 Å². The van der Waals surface area contributed by atoms with Crippen LogP contribution >= 0.6 is 0 Å². The van der Waals surface area contributed by atoms with Crippen molar-refractivity contribution in [3.63, 3.8) is 0 Å². The second-order valence-corrected chi connectivity index (χ2v) is 19.1. The molecule has 0 saturated carbocycles. The van der Waals surface area contributed by atoms with Crippen LogP contribution in [0.1, 0.15) is 0 Å². The molecule has 2 aromatic carbocycles. The van der Waals surface area contributed by atoms with E-state index in [1.54, 1.807) is 20.3 Å². The quantitative estimate of drug-likeness (QED) is 0.257. The predicted octanol–water partition coefficient (Wildman–Crippen LogP) is 6.81. The first-order chi connectivity index (χ1) is 14.5. The van der Waals surface area contributed by atoms with Gasteiger partial charge in [0.15, 0.2) is 0 Å². The van der Waals surface area contributed by atoms with Gasteiger partial charge in [-0.15, -0.1) is 13.1 Å². The van der Waals surface area contributed by atoms with Gasteiger partial charge in [-0.2, -0.15) is 0 Å². The number of nitrogens with zero attached hydrogens (tertiary/aromatic N) is 5. The molecule has 8 heteroatoms. The molecule has 2 aromatic rings. The molecule has 0 amide bonds. The number of hydrogen-bond acceptors (Lipinski definition) is 3. The maximum absolute atomic E-state index is 4.73. The summed E-state index contributed by atoms with van der Waals surface area (Å²) < 4.78 is 4.26. The SMILES string of the molecule is CN(CC[N-][Si](C)(C)C)CC[N-][Si](C)(C)C.[Ti+2]=[N]N(c1ccccc1)c1ccccc1. The molecule has 0 aliphatic heterocycles. The van der Waals surface area contributed by atoms with E-state index < -0.39 is 16.5 Å². The van der Waals surface area contributed by atoms with Gasteiger partial charge in [0, 0.05) is 0 Å². The van der Waals surface area contributed by atoms with Crippen molar-refractivity contribution in [1.29, 1.82) is 0 Å². The van der Waals surface area contributed by atoms with Gasteiger partial charge in [0.05, 0.1) is 0 Å². The molecule has 0 aliphatic carbocycles. The second kappa shape index (κ2) is 14.3. The van der Waals surface area contributed by atoms with Gasteiger partial charge in [-0.1, -0.05) is 55.8 Å². The van der Waals surface area contributed by atoms with E-state index >= 15 is 0 Å². The van der Waals surface area contributed by atoms with Gasteiger partial charge in [0.1, 0.15) is 0 Å². The first kappa shape index (κ1) is 28.1. The third-order valence-corrected chi connectivity index (χ3v) is 6.89. The van der Waals surface area contributed by atoms with Crippen LogP contribution in [-0.2, 0) is 20.3 Å². The van der Waals surface area contributed by atoms with Gasteiger partial charge in [-0.25, -0.2) is 0 Å². The maximum atomic E-state index is 4.73. The number of hydrogen-bond donors (Lipinski definition) is 0. The summed E-state index contributed by atoms with van der Waals surface area (Å²) in [6, 6.07) is 20.2. The fourth-order valence-corrected chi connectivity index (χ4v) is 4.53. The predicted molar refractivity (Wildman–Crippen MR) is 138 cm³/mol. The van der Waals surface area contributed by atoms with E-state index in [9.17, 15) is 0 Å². The number of rotatable bonds is 11. The Labute approximate surface area is 204 Å². The average Bonchev–Trinajstić information content (AvgIpc) is 2.69. The molecule has 0 unspecified atom stereocenters. The fourth-order valence-electron chi connectivity index (χ4n) is 2.63. The third kappa shape index (κ3) is 14.0. The van der Waals surface area contributed by atoms with Crippen molar-refractivity contribution < 1.29 is 20.3 Å². The van der Waals surface area contributed by atoms with E-state index in [1.165, 1.54) is 0 Å². The van der Waals surface area contributed by atoms with E-state index in [1.807, 2.05) is 65.7 Å². The number of anilines is 2. The van der Waals surface area contributed by atoms with Crippen molar-refractivity contribution in [2.45, 2.75) is 39.3 Å². The second-order valence-electron chi connectivity index (χ2n) is 9.49. The first-order valence-electron chi connectivity index (χ1n) is 10.9. The zero-order valence-electron chi connectivity index (χ0n) is 20.3. The van der Waals surface area contributed by atoms with Crippen molar-refractivity contribution in [3.05, 3.63) is 70.6 Å². The van der Waals surface area contributed by atoms with Gasteiger partial charge in [-0.05, 0) is 20.1 Å². The van der Waals surface area contributed by atoms with Crippen molar-refractivity contribution in [2.75, 3.05) is 38.2 Å². The Morgan fingerprint density at radius 2 is 1.06 bits per heavy atom. The Morgan fingerprint density at radius 1 is 0.710 bits per heavy atom. The molecule has 0 spiro atoms. The molecular formula is C23H39N5Si2Ti. The van der Waals surface area contributed by atoms with Crippen molar-refractivity contribution in [1.82, 2.24) is 4.90 Å². The van der Waals surface area contributed by atoms with Gasteiger partial charge < -0.3 is 14.9 Å². The van der Waals surface area contributed by atoms with E-state index in [0.29, 0.717) is 0 Å². The Bertz CT molecular complexity index is 674. The Balaban J connectivity index is 0.000000310. The van der Waals surface area contributed by atoms with Crippen LogP contribution in [0.15, 0.2) is 64.2 Å². The Kier molecular flexibility index (Phi) is 12.9. The van der Waals surface area contributed by atoms with Gasteiger partial charge in [-0.3, -0.25) is 0 Å². The first-order valence-corrected chi connectivity index (χ1v) is 18.4. The van der Waals surface area contributed by atoms with Crippen LogP contribution in [0, 0.1) is 0 Å². The van der Waals surface area contributed by atoms with Gasteiger partial charge in [0.25, 0.3) is 0 Å². The topological polar surface area (TPSA) is 47.0 Å². The molecule has 0 fully saturated rings. The zero-order valence-corrected chi connectivity index (χ0v) is 23.9.